The lowest BCUT2D eigenvalue weighted by Crippen LogP contribution is -2.45. The summed E-state index contributed by atoms with van der Waals surface area (Å²) < 4.78 is 59.0. The van der Waals surface area contributed by atoms with E-state index in [1.54, 1.807) is 32.0 Å². The van der Waals surface area contributed by atoms with Crippen LogP contribution >= 0.6 is 0 Å². The molecule has 0 saturated carbocycles. The number of methoxy groups -OCH3 is 1. The molecular formula is C22H31N3O6S2. The Labute approximate surface area is 196 Å². The Morgan fingerprint density at radius 2 is 1.61 bits per heavy atom. The number of nitrogens with zero attached hydrogens (tertiary/aromatic N) is 1. The first-order chi connectivity index (χ1) is 15.2. The number of ether oxygens (including phenoxy) is 1. The SMILES string of the molecule is COc1ccc(S(=O)(=O)NC(C)C)cc1NC(=O)[C@H](C)N(c1ccc(C)c(C)c1)S(C)(=O)=O. The van der Waals surface area contributed by atoms with Crippen molar-refractivity contribution in [2.75, 3.05) is 23.0 Å². The van der Waals surface area contributed by atoms with E-state index >= 15 is 0 Å². The first-order valence-electron chi connectivity index (χ1n) is 10.2. The van der Waals surface area contributed by atoms with E-state index < -0.39 is 32.0 Å². The molecule has 2 N–H and O–H groups in total. The predicted molar refractivity (Wildman–Crippen MR) is 130 cm³/mol. The first-order valence-corrected chi connectivity index (χ1v) is 13.6. The Morgan fingerprint density at radius 1 is 0.970 bits per heavy atom. The van der Waals surface area contributed by atoms with Crippen LogP contribution in [0.15, 0.2) is 41.3 Å². The van der Waals surface area contributed by atoms with Crippen LogP contribution in [0.3, 0.4) is 0 Å². The molecule has 2 aromatic carbocycles. The molecule has 0 saturated heterocycles. The second kappa shape index (κ2) is 10.1. The fraction of sp³-hybridized carbons (Fsp3) is 0.409. The minimum absolute atomic E-state index is 0.0610. The predicted octanol–water partition coefficient (Wildman–Crippen LogP) is 2.79. The fourth-order valence-electron chi connectivity index (χ4n) is 3.24. The summed E-state index contributed by atoms with van der Waals surface area (Å²) >= 11 is 0. The molecule has 2 rings (SSSR count). The molecule has 0 radical (unpaired) electrons. The van der Waals surface area contributed by atoms with E-state index in [4.69, 9.17) is 4.74 Å². The largest absolute Gasteiger partial charge is 0.495 e. The summed E-state index contributed by atoms with van der Waals surface area (Å²) in [5.41, 5.74) is 2.33. The van der Waals surface area contributed by atoms with Crippen LogP contribution in [-0.4, -0.2) is 48.2 Å². The summed E-state index contributed by atoms with van der Waals surface area (Å²) in [6.07, 6.45) is 1.03. The van der Waals surface area contributed by atoms with Crippen LogP contribution < -0.4 is 19.1 Å². The van der Waals surface area contributed by atoms with Gasteiger partial charge in [-0.25, -0.2) is 21.6 Å². The van der Waals surface area contributed by atoms with E-state index in [0.29, 0.717) is 5.69 Å². The van der Waals surface area contributed by atoms with E-state index in [1.807, 2.05) is 13.8 Å². The maximum Gasteiger partial charge on any atom is 0.248 e. The van der Waals surface area contributed by atoms with Crippen LogP contribution in [0.2, 0.25) is 0 Å². The quantitative estimate of drug-likeness (QED) is 0.549. The number of aryl methyl sites for hydroxylation is 2. The van der Waals surface area contributed by atoms with Gasteiger partial charge in [0.1, 0.15) is 11.8 Å². The van der Waals surface area contributed by atoms with Crippen LogP contribution in [0.4, 0.5) is 11.4 Å². The highest BCUT2D eigenvalue weighted by Crippen LogP contribution is 2.29. The maximum atomic E-state index is 13.1. The van der Waals surface area contributed by atoms with Gasteiger partial charge in [-0.1, -0.05) is 6.07 Å². The lowest BCUT2D eigenvalue weighted by Gasteiger charge is -2.29. The highest BCUT2D eigenvalue weighted by molar-refractivity contribution is 7.92. The van der Waals surface area contributed by atoms with Crippen molar-refractivity contribution in [3.8, 4) is 5.75 Å². The van der Waals surface area contributed by atoms with E-state index in [-0.39, 0.29) is 22.4 Å². The van der Waals surface area contributed by atoms with Crippen molar-refractivity contribution in [2.45, 2.75) is 51.6 Å². The van der Waals surface area contributed by atoms with Crippen molar-refractivity contribution in [3.05, 3.63) is 47.5 Å². The van der Waals surface area contributed by atoms with E-state index in [9.17, 15) is 21.6 Å². The first kappa shape index (κ1) is 26.6. The smallest absolute Gasteiger partial charge is 0.248 e. The Kier molecular flexibility index (Phi) is 8.15. The topological polar surface area (TPSA) is 122 Å². The molecule has 0 aliphatic heterocycles. The lowest BCUT2D eigenvalue weighted by molar-refractivity contribution is -0.116. The molecule has 0 heterocycles. The average Bonchev–Trinajstić information content (AvgIpc) is 2.68. The molecule has 9 nitrogen and oxygen atoms in total. The molecule has 0 bridgehead atoms. The van der Waals surface area contributed by atoms with Crippen molar-refractivity contribution >= 4 is 37.3 Å². The van der Waals surface area contributed by atoms with Crippen LogP contribution in [0.25, 0.3) is 0 Å². The number of nitrogens with one attached hydrogen (secondary N) is 2. The summed E-state index contributed by atoms with van der Waals surface area (Å²) in [4.78, 5) is 13.0. The van der Waals surface area contributed by atoms with Gasteiger partial charge in [0.05, 0.1) is 29.6 Å². The Hall–Kier alpha value is -2.63. The van der Waals surface area contributed by atoms with Gasteiger partial charge in [0.15, 0.2) is 0 Å². The highest BCUT2D eigenvalue weighted by atomic mass is 32.2. The summed E-state index contributed by atoms with van der Waals surface area (Å²) in [5, 5.41) is 2.61. The van der Waals surface area contributed by atoms with Gasteiger partial charge in [-0.3, -0.25) is 9.10 Å². The third-order valence-corrected chi connectivity index (χ3v) is 7.86. The molecule has 0 aromatic heterocycles. The van der Waals surface area contributed by atoms with E-state index in [2.05, 4.69) is 10.0 Å². The summed E-state index contributed by atoms with van der Waals surface area (Å²) in [7, 11) is -6.25. The van der Waals surface area contributed by atoms with Crippen LogP contribution in [0, 0.1) is 13.8 Å². The number of rotatable bonds is 9. The van der Waals surface area contributed by atoms with Gasteiger partial charge in [0, 0.05) is 6.04 Å². The third-order valence-electron chi connectivity index (χ3n) is 4.96. The zero-order chi connectivity index (χ0) is 25.1. The molecule has 0 fully saturated rings. The second-order valence-electron chi connectivity index (χ2n) is 8.13. The van der Waals surface area contributed by atoms with Crippen LogP contribution in [-0.2, 0) is 24.8 Å². The minimum atomic E-state index is -3.82. The normalized spacial score (nSPS) is 13.0. The number of carbonyl (C=O) groups is 1. The summed E-state index contributed by atoms with van der Waals surface area (Å²) in [6.45, 7) is 8.60. The number of hydrogen-bond acceptors (Lipinski definition) is 6. The summed E-state index contributed by atoms with van der Waals surface area (Å²) in [5.74, 6) is -0.417. The molecule has 11 heteroatoms. The molecule has 1 atom stereocenters. The zero-order valence-corrected chi connectivity index (χ0v) is 21.5. The van der Waals surface area contributed by atoms with Gasteiger partial charge in [-0.15, -0.1) is 0 Å². The molecule has 33 heavy (non-hydrogen) atoms. The van der Waals surface area contributed by atoms with Crippen molar-refractivity contribution in [1.82, 2.24) is 4.72 Å². The van der Waals surface area contributed by atoms with E-state index in [0.717, 1.165) is 21.7 Å². The van der Waals surface area contributed by atoms with Crippen molar-refractivity contribution in [2.24, 2.45) is 0 Å². The van der Waals surface area contributed by atoms with Gasteiger partial charge in [-0.05, 0) is 76.1 Å². The third kappa shape index (κ3) is 6.46. The number of amides is 1. The molecule has 0 aliphatic carbocycles. The molecule has 0 aliphatic rings. The Morgan fingerprint density at radius 3 is 2.12 bits per heavy atom. The lowest BCUT2D eigenvalue weighted by atomic mass is 10.1. The van der Waals surface area contributed by atoms with Crippen LogP contribution in [0.5, 0.6) is 5.75 Å². The molecule has 182 valence electrons. The fourth-order valence-corrected chi connectivity index (χ4v) is 5.68. The monoisotopic (exact) mass is 497 g/mol. The van der Waals surface area contributed by atoms with Gasteiger partial charge in [-0.2, -0.15) is 0 Å². The van der Waals surface area contributed by atoms with Crippen molar-refractivity contribution in [1.29, 1.82) is 0 Å². The van der Waals surface area contributed by atoms with Crippen molar-refractivity contribution < 1.29 is 26.4 Å². The van der Waals surface area contributed by atoms with Gasteiger partial charge >= 0.3 is 0 Å². The molecule has 2 aromatic rings. The molecule has 0 unspecified atom stereocenters. The minimum Gasteiger partial charge on any atom is -0.495 e. The van der Waals surface area contributed by atoms with Crippen molar-refractivity contribution in [3.63, 3.8) is 0 Å². The Bertz CT molecular complexity index is 1240. The Balaban J connectivity index is 2.44. The molecule has 1 amide bonds. The molecule has 0 spiro atoms. The zero-order valence-electron chi connectivity index (χ0n) is 19.8. The highest BCUT2D eigenvalue weighted by Gasteiger charge is 2.30. The number of sulfonamides is 2. The number of carbonyl (C=O) groups excluding carboxylic acids is 1. The number of anilines is 2. The van der Waals surface area contributed by atoms with Gasteiger partial charge in [0.2, 0.25) is 26.0 Å². The van der Waals surface area contributed by atoms with Gasteiger partial charge < -0.3 is 10.1 Å². The standard InChI is InChI=1S/C22H31N3O6S2/c1-14(2)24-33(29,30)19-10-11-21(31-6)20(13-19)23-22(26)17(5)25(32(7,27)28)18-9-8-15(3)16(4)12-18/h8-14,17,24H,1-7H3,(H,23,26)/t17-/m0/s1. The average molecular weight is 498 g/mol. The molecular weight excluding hydrogens is 466 g/mol. The summed E-state index contributed by atoms with van der Waals surface area (Å²) in [6, 6.07) is 7.73. The second-order valence-corrected chi connectivity index (χ2v) is 11.7. The maximum absolute atomic E-state index is 13.1. The number of hydrogen-bond donors (Lipinski definition) is 2. The van der Waals surface area contributed by atoms with Crippen LogP contribution in [0.1, 0.15) is 31.9 Å². The van der Waals surface area contributed by atoms with Gasteiger partial charge in [0.25, 0.3) is 0 Å². The number of benzene rings is 2. The van der Waals surface area contributed by atoms with E-state index in [1.165, 1.54) is 32.2 Å².